The fourth-order valence-corrected chi connectivity index (χ4v) is 5.84. The van der Waals surface area contributed by atoms with Gasteiger partial charge in [0.15, 0.2) is 5.65 Å². The predicted octanol–water partition coefficient (Wildman–Crippen LogP) is 2.67. The Kier molecular flexibility index (Phi) is 3.90. The average molecular weight is 362 g/mol. The van der Waals surface area contributed by atoms with Crippen LogP contribution in [0.25, 0.3) is 5.65 Å². The lowest BCUT2D eigenvalue weighted by Crippen LogP contribution is -2.37. The second kappa shape index (κ2) is 5.94. The SMILES string of the molecule is Cc1cc2ncnn2cc1C1CCN(S(=O)(=O)c2ccsc2)CC1. The van der Waals surface area contributed by atoms with E-state index in [1.54, 1.807) is 32.0 Å². The second-order valence-corrected chi connectivity index (χ2v) is 8.83. The summed E-state index contributed by atoms with van der Waals surface area (Å²) >= 11 is 1.41. The van der Waals surface area contributed by atoms with Crippen LogP contribution in [0.3, 0.4) is 0 Å². The van der Waals surface area contributed by atoms with Gasteiger partial charge in [-0.05, 0) is 54.3 Å². The maximum atomic E-state index is 12.6. The van der Waals surface area contributed by atoms with Crippen LogP contribution in [0.4, 0.5) is 0 Å². The van der Waals surface area contributed by atoms with Gasteiger partial charge in [0, 0.05) is 24.7 Å². The molecule has 0 radical (unpaired) electrons. The minimum Gasteiger partial charge on any atom is -0.221 e. The van der Waals surface area contributed by atoms with Crippen molar-refractivity contribution in [1.29, 1.82) is 0 Å². The Hall–Kier alpha value is -1.77. The highest BCUT2D eigenvalue weighted by molar-refractivity contribution is 7.89. The van der Waals surface area contributed by atoms with E-state index in [2.05, 4.69) is 17.0 Å². The van der Waals surface area contributed by atoms with Gasteiger partial charge in [0.1, 0.15) is 6.33 Å². The molecule has 4 heterocycles. The molecule has 0 N–H and O–H groups in total. The summed E-state index contributed by atoms with van der Waals surface area (Å²) in [6.07, 6.45) is 5.23. The first-order valence-electron chi connectivity index (χ1n) is 7.88. The van der Waals surface area contributed by atoms with Crippen molar-refractivity contribution in [2.24, 2.45) is 0 Å². The highest BCUT2D eigenvalue weighted by Gasteiger charge is 2.30. The van der Waals surface area contributed by atoms with Crippen LogP contribution in [0.15, 0.2) is 40.3 Å². The summed E-state index contributed by atoms with van der Waals surface area (Å²) in [4.78, 5) is 4.61. The molecule has 6 nitrogen and oxygen atoms in total. The first kappa shape index (κ1) is 15.7. The summed E-state index contributed by atoms with van der Waals surface area (Å²) in [5, 5.41) is 7.70. The van der Waals surface area contributed by atoms with E-state index in [9.17, 15) is 8.42 Å². The molecule has 0 spiro atoms. The molecule has 1 fully saturated rings. The maximum Gasteiger partial charge on any atom is 0.243 e. The summed E-state index contributed by atoms with van der Waals surface area (Å²) in [6, 6.07) is 3.71. The van der Waals surface area contributed by atoms with Crippen LogP contribution in [0, 0.1) is 6.92 Å². The molecule has 0 saturated carbocycles. The molecular formula is C16H18N4O2S2. The van der Waals surface area contributed by atoms with Crippen molar-refractivity contribution in [2.45, 2.75) is 30.6 Å². The first-order chi connectivity index (χ1) is 11.6. The molecule has 0 unspecified atom stereocenters. The zero-order chi connectivity index (χ0) is 16.7. The summed E-state index contributed by atoms with van der Waals surface area (Å²) < 4.78 is 28.6. The third-order valence-electron chi connectivity index (χ3n) is 4.69. The van der Waals surface area contributed by atoms with Gasteiger partial charge in [0.2, 0.25) is 10.0 Å². The van der Waals surface area contributed by atoms with Crippen molar-refractivity contribution in [1.82, 2.24) is 18.9 Å². The number of nitrogens with zero attached hydrogens (tertiary/aromatic N) is 4. The molecule has 4 rings (SSSR count). The summed E-state index contributed by atoms with van der Waals surface area (Å²) in [5.74, 6) is 0.354. The summed E-state index contributed by atoms with van der Waals surface area (Å²) in [5.41, 5.74) is 3.27. The Balaban J connectivity index is 1.54. The first-order valence-corrected chi connectivity index (χ1v) is 10.3. The van der Waals surface area contributed by atoms with Crippen molar-refractivity contribution >= 4 is 27.0 Å². The van der Waals surface area contributed by atoms with Crippen molar-refractivity contribution in [3.05, 3.63) is 46.5 Å². The fourth-order valence-electron chi connectivity index (χ4n) is 3.35. The van der Waals surface area contributed by atoms with Gasteiger partial charge < -0.3 is 0 Å². The van der Waals surface area contributed by atoms with E-state index >= 15 is 0 Å². The summed E-state index contributed by atoms with van der Waals surface area (Å²) in [6.45, 7) is 3.19. The van der Waals surface area contributed by atoms with Crippen molar-refractivity contribution < 1.29 is 8.42 Å². The van der Waals surface area contributed by atoms with Crippen LogP contribution < -0.4 is 0 Å². The number of aromatic nitrogens is 3. The van der Waals surface area contributed by atoms with E-state index in [1.807, 2.05) is 12.3 Å². The molecule has 24 heavy (non-hydrogen) atoms. The van der Waals surface area contributed by atoms with E-state index in [1.165, 1.54) is 22.5 Å². The second-order valence-electron chi connectivity index (χ2n) is 6.11. The minimum absolute atomic E-state index is 0.354. The van der Waals surface area contributed by atoms with Crippen LogP contribution in [0.1, 0.15) is 29.9 Å². The molecule has 1 aliphatic heterocycles. The topological polar surface area (TPSA) is 67.6 Å². The van der Waals surface area contributed by atoms with Gasteiger partial charge >= 0.3 is 0 Å². The zero-order valence-electron chi connectivity index (χ0n) is 13.3. The average Bonchev–Trinajstić information content (AvgIpc) is 3.26. The van der Waals surface area contributed by atoms with Crippen LogP contribution >= 0.6 is 11.3 Å². The minimum atomic E-state index is -3.34. The van der Waals surface area contributed by atoms with Gasteiger partial charge in [-0.15, -0.1) is 0 Å². The van der Waals surface area contributed by atoms with Crippen molar-refractivity contribution in [2.75, 3.05) is 13.1 Å². The number of hydrogen-bond acceptors (Lipinski definition) is 5. The van der Waals surface area contributed by atoms with Crippen LogP contribution in [0.2, 0.25) is 0 Å². The largest absolute Gasteiger partial charge is 0.243 e. The van der Waals surface area contributed by atoms with Gasteiger partial charge in [0.05, 0.1) is 4.90 Å². The number of hydrogen-bond donors (Lipinski definition) is 0. The Bertz CT molecular complexity index is 955. The molecule has 3 aromatic rings. The third-order valence-corrected chi connectivity index (χ3v) is 7.42. The van der Waals surface area contributed by atoms with Gasteiger partial charge in [-0.25, -0.2) is 17.9 Å². The summed E-state index contributed by atoms with van der Waals surface area (Å²) in [7, 11) is -3.34. The number of rotatable bonds is 3. The Morgan fingerprint density at radius 2 is 2.08 bits per heavy atom. The lowest BCUT2D eigenvalue weighted by atomic mass is 9.89. The fraction of sp³-hybridized carbons (Fsp3) is 0.375. The molecule has 0 amide bonds. The monoisotopic (exact) mass is 362 g/mol. The number of thiophene rings is 1. The quantitative estimate of drug-likeness (QED) is 0.718. The zero-order valence-corrected chi connectivity index (χ0v) is 14.9. The van der Waals surface area contributed by atoms with Crippen molar-refractivity contribution in [3.8, 4) is 0 Å². The molecule has 0 atom stereocenters. The van der Waals surface area contributed by atoms with Gasteiger partial charge in [0.25, 0.3) is 0 Å². The molecule has 8 heteroatoms. The molecular weight excluding hydrogens is 344 g/mol. The number of aryl methyl sites for hydroxylation is 1. The molecule has 1 aliphatic rings. The number of fused-ring (bicyclic) bond motifs is 1. The molecule has 0 bridgehead atoms. The van der Waals surface area contributed by atoms with Gasteiger partial charge in [-0.1, -0.05) is 0 Å². The van der Waals surface area contributed by atoms with Crippen molar-refractivity contribution in [3.63, 3.8) is 0 Å². The lowest BCUT2D eigenvalue weighted by molar-refractivity contribution is 0.318. The van der Waals surface area contributed by atoms with E-state index in [0.29, 0.717) is 23.9 Å². The van der Waals surface area contributed by atoms with Crippen LogP contribution in [-0.4, -0.2) is 40.4 Å². The standard InChI is InChI=1S/C16H18N4O2S2/c1-12-8-16-17-11-18-20(16)9-15(12)13-2-5-19(6-3-13)24(21,22)14-4-7-23-10-14/h4,7-11,13H,2-3,5-6H2,1H3. The third kappa shape index (κ3) is 2.64. The molecule has 126 valence electrons. The molecule has 3 aromatic heterocycles. The molecule has 1 saturated heterocycles. The normalized spacial score (nSPS) is 17.5. The number of piperidine rings is 1. The number of pyridine rings is 1. The highest BCUT2D eigenvalue weighted by atomic mass is 32.2. The van der Waals surface area contributed by atoms with E-state index < -0.39 is 10.0 Å². The lowest BCUT2D eigenvalue weighted by Gasteiger charge is -2.31. The predicted molar refractivity (Wildman–Crippen MR) is 92.8 cm³/mol. The molecule has 0 aromatic carbocycles. The van der Waals surface area contributed by atoms with E-state index in [-0.39, 0.29) is 0 Å². The van der Waals surface area contributed by atoms with Crippen LogP contribution in [-0.2, 0) is 10.0 Å². The highest BCUT2D eigenvalue weighted by Crippen LogP contribution is 2.32. The smallest absolute Gasteiger partial charge is 0.221 e. The Morgan fingerprint density at radius 3 is 2.79 bits per heavy atom. The van der Waals surface area contributed by atoms with Gasteiger partial charge in [-0.2, -0.15) is 20.7 Å². The Labute approximate surface area is 144 Å². The van der Waals surface area contributed by atoms with Crippen LogP contribution in [0.5, 0.6) is 0 Å². The molecule has 0 aliphatic carbocycles. The van der Waals surface area contributed by atoms with E-state index in [0.717, 1.165) is 18.5 Å². The Morgan fingerprint density at radius 1 is 1.29 bits per heavy atom. The van der Waals surface area contributed by atoms with E-state index in [4.69, 9.17) is 0 Å². The number of sulfonamides is 1. The maximum absolute atomic E-state index is 12.6. The van der Waals surface area contributed by atoms with Gasteiger partial charge in [-0.3, -0.25) is 0 Å².